The van der Waals surface area contributed by atoms with Gasteiger partial charge >= 0.3 is 36.2 Å². The number of urea groups is 2. The standard InChI is InChI=1S/C15H16F3N5O4S.C14H9Cl2NO5.C14H17N5O7S2.C5H12NO4P/c1-9-19-12(22-14(20-9)27-2)21-13(24)23-28(25,26)11-6-4-3-5-10(11)7-8-15(16,17)18;1-21-14(18)10-7-9(3-4-12(10)17(19)20)22-13-5-2-8(15)6-11(13)16;1-4-27(21,22)9-6-5-7-15-12(9)28(23,24)19-14(20)18-13-16-10(25-2)8-11(17-13)26-3;1-11(9,10)3-2-4(6)5(7)8/h3-6H,7-8H2,1-2H3,(H2,19,20,21,22,23,24);2-7H,1H3;5-8H,4H2,1-3H3,(H2,16,17,18,19,20);4H,2-3,6H2,1H3,(H,7,8)(H,9,10). The SMILES string of the molecule is CCS(=O)(=O)c1cccnc1S(=O)(=O)NC(=O)Nc1nc(OC)cc(OC)n1.COC(=O)c1cc(Oc2ccc(Cl)cc2Cl)ccc1[N+](=O)[O-].COc1nc(C)nc(NC(=O)NS(=O)(=O)c2ccccc2CCC(F)(F)F)n1.CP(=O)(O)CCC(N)C(=O)O. The number of ether oxygens (including phenoxy) is 5. The highest BCUT2D eigenvalue weighted by atomic mass is 35.5. The fourth-order valence-corrected chi connectivity index (χ4v) is 11.2. The van der Waals surface area contributed by atoms with Gasteiger partial charge in [-0.1, -0.05) is 48.3 Å². The highest BCUT2D eigenvalue weighted by Gasteiger charge is 2.31. The zero-order chi connectivity index (χ0) is 67.2. The molecular weight excluding hydrogens is 1320 g/mol. The van der Waals surface area contributed by atoms with Crippen LogP contribution >= 0.6 is 30.6 Å². The number of hydrogen-bond donors (Lipinski definition) is 7. The van der Waals surface area contributed by atoms with Crippen LogP contribution in [0.1, 0.15) is 41.5 Å². The molecule has 41 heteroatoms. The van der Waals surface area contributed by atoms with E-state index >= 15 is 0 Å². The quantitative estimate of drug-likeness (QED) is 0.0174. The number of carboxylic acids is 1. The van der Waals surface area contributed by atoms with E-state index in [2.05, 4.69) is 45.3 Å². The third kappa shape index (κ3) is 24.8. The molecule has 8 N–H and O–H groups in total. The molecule has 0 aliphatic rings. The van der Waals surface area contributed by atoms with Gasteiger partial charge in [0.1, 0.15) is 33.8 Å². The van der Waals surface area contributed by atoms with Crippen LogP contribution in [-0.4, -0.2) is 153 Å². The minimum Gasteiger partial charge on any atom is -0.481 e. The fraction of sp³-hybridized carbons (Fsp3) is 0.292. The van der Waals surface area contributed by atoms with Crippen LogP contribution in [0.15, 0.2) is 99.9 Å². The number of esters is 1. The lowest BCUT2D eigenvalue weighted by molar-refractivity contribution is -0.385. The molecule has 6 rings (SSSR count). The molecular formula is C48H54Cl2F3N12O20PS3. The van der Waals surface area contributed by atoms with Crippen LogP contribution in [0.5, 0.6) is 29.3 Å². The molecule has 3 aromatic heterocycles. The van der Waals surface area contributed by atoms with Crippen molar-refractivity contribution < 1.29 is 101 Å². The maximum Gasteiger partial charge on any atom is 0.389 e. The second-order valence-corrected chi connectivity index (χ2v) is 26.0. The van der Waals surface area contributed by atoms with E-state index in [1.807, 2.05) is 0 Å². The lowest BCUT2D eigenvalue weighted by Gasteiger charge is -2.13. The van der Waals surface area contributed by atoms with Crippen molar-refractivity contribution in [2.24, 2.45) is 5.73 Å². The summed E-state index contributed by atoms with van der Waals surface area (Å²) in [5, 5.41) is 23.3. The molecule has 0 saturated heterocycles. The number of nitrogens with one attached hydrogen (secondary N) is 4. The Morgan fingerprint density at radius 2 is 1.38 bits per heavy atom. The van der Waals surface area contributed by atoms with Gasteiger partial charge in [0.15, 0.2) is 22.2 Å². The average molecular weight is 1370 g/mol. The van der Waals surface area contributed by atoms with Gasteiger partial charge in [-0.3, -0.25) is 30.1 Å². The number of alkyl halides is 3. The van der Waals surface area contributed by atoms with Crippen molar-refractivity contribution in [3.8, 4) is 29.3 Å². The molecule has 4 amide bonds. The molecule has 3 heterocycles. The van der Waals surface area contributed by atoms with Crippen LogP contribution in [-0.2, 0) is 50.4 Å². The molecule has 0 radical (unpaired) electrons. The third-order valence-electron chi connectivity index (χ3n) is 10.4. The molecule has 2 unspecified atom stereocenters. The van der Waals surface area contributed by atoms with Gasteiger partial charge in [-0.2, -0.15) is 46.5 Å². The topological polar surface area (TPSA) is 469 Å². The van der Waals surface area contributed by atoms with Crippen LogP contribution in [0.2, 0.25) is 10.0 Å². The number of carbonyl (C=O) groups is 4. The maximum atomic E-state index is 12.5. The molecule has 0 spiro atoms. The number of methoxy groups -OCH3 is 4. The summed E-state index contributed by atoms with van der Waals surface area (Å²) < 4.78 is 150. The number of nitrogens with two attached hydrogens (primary N) is 1. The Morgan fingerprint density at radius 1 is 0.798 bits per heavy atom. The number of carbonyl (C=O) groups excluding carboxylic acids is 3. The van der Waals surface area contributed by atoms with Gasteiger partial charge in [0.2, 0.25) is 23.7 Å². The molecule has 2 atom stereocenters. The predicted octanol–water partition coefficient (Wildman–Crippen LogP) is 6.56. The largest absolute Gasteiger partial charge is 0.481 e. The summed E-state index contributed by atoms with van der Waals surface area (Å²) in [7, 11) is -11.0. The second-order valence-electron chi connectivity index (χ2n) is 17.1. The Bertz CT molecular complexity index is 3910. The monoisotopic (exact) mass is 1370 g/mol. The number of rotatable bonds is 21. The van der Waals surface area contributed by atoms with Gasteiger partial charge in [-0.25, -0.2) is 45.6 Å². The Kier molecular flexibility index (Phi) is 27.7. The fourth-order valence-electron chi connectivity index (χ4n) is 6.29. The van der Waals surface area contributed by atoms with Crippen molar-refractivity contribution in [3.63, 3.8) is 0 Å². The normalized spacial score (nSPS) is 12.2. The van der Waals surface area contributed by atoms with E-state index in [0.29, 0.717) is 10.8 Å². The minimum absolute atomic E-state index is 0.0412. The number of hydrogen-bond acceptors (Lipinski definition) is 25. The van der Waals surface area contributed by atoms with E-state index in [1.54, 1.807) is 21.6 Å². The average Bonchev–Trinajstić information content (AvgIpc) is 1.18. The van der Waals surface area contributed by atoms with E-state index in [9.17, 15) is 72.3 Å². The number of anilines is 2. The van der Waals surface area contributed by atoms with E-state index in [-0.39, 0.29) is 81.4 Å². The van der Waals surface area contributed by atoms with Crippen molar-refractivity contribution in [3.05, 3.63) is 122 Å². The van der Waals surface area contributed by atoms with Crippen molar-refractivity contribution in [1.29, 1.82) is 0 Å². The van der Waals surface area contributed by atoms with Crippen molar-refractivity contribution in [2.75, 3.05) is 57.7 Å². The molecule has 32 nitrogen and oxygen atoms in total. The number of aryl methyl sites for hydroxylation is 2. The van der Waals surface area contributed by atoms with Crippen molar-refractivity contribution in [2.45, 2.75) is 60.1 Å². The first-order valence-corrected chi connectivity index (χ1v) is 32.1. The molecule has 0 aliphatic heterocycles. The maximum absolute atomic E-state index is 12.5. The number of sulfonamides is 2. The summed E-state index contributed by atoms with van der Waals surface area (Å²) in [6.45, 7) is 4.04. The summed E-state index contributed by atoms with van der Waals surface area (Å²) in [4.78, 5) is 86.5. The van der Waals surface area contributed by atoms with Crippen LogP contribution in [0.3, 0.4) is 0 Å². The van der Waals surface area contributed by atoms with Crippen molar-refractivity contribution >= 4 is 102 Å². The van der Waals surface area contributed by atoms with Gasteiger partial charge in [0.25, 0.3) is 25.7 Å². The molecule has 89 heavy (non-hydrogen) atoms. The van der Waals surface area contributed by atoms with E-state index < -0.39 is 106 Å². The number of aliphatic carboxylic acids is 1. The summed E-state index contributed by atoms with van der Waals surface area (Å²) in [6.07, 6.45) is -5.10. The Balaban J connectivity index is 0.000000324. The van der Waals surface area contributed by atoms with E-state index in [0.717, 1.165) is 31.5 Å². The number of benzene rings is 3. The smallest absolute Gasteiger partial charge is 0.389 e. The summed E-state index contributed by atoms with van der Waals surface area (Å²) >= 11 is 11.8. The number of halogens is 5. The van der Waals surface area contributed by atoms with Gasteiger partial charge in [-0.15, -0.1) is 0 Å². The number of nitro groups is 1. The first-order chi connectivity index (χ1) is 41.4. The molecule has 0 aliphatic carbocycles. The summed E-state index contributed by atoms with van der Waals surface area (Å²) in [5.41, 5.74) is 4.43. The third-order valence-corrected chi connectivity index (χ3v) is 16.6. The first kappa shape index (κ1) is 74.6. The zero-order valence-electron chi connectivity index (χ0n) is 47.2. The molecule has 484 valence electrons. The lowest BCUT2D eigenvalue weighted by Crippen LogP contribution is -2.36. The number of amides is 4. The predicted molar refractivity (Wildman–Crippen MR) is 310 cm³/mol. The summed E-state index contributed by atoms with van der Waals surface area (Å²) in [6, 6.07) is 13.6. The van der Waals surface area contributed by atoms with Crippen LogP contribution < -0.4 is 44.8 Å². The van der Waals surface area contributed by atoms with Gasteiger partial charge < -0.3 is 39.4 Å². The number of nitrogens with zero attached hydrogens (tertiary/aromatic N) is 7. The van der Waals surface area contributed by atoms with Gasteiger partial charge in [0, 0.05) is 42.6 Å². The zero-order valence-corrected chi connectivity index (χ0v) is 52.1. The van der Waals surface area contributed by atoms with E-state index in [4.69, 9.17) is 57.9 Å². The summed E-state index contributed by atoms with van der Waals surface area (Å²) in [5.74, 6) is -2.04. The first-order valence-electron chi connectivity index (χ1n) is 24.4. The van der Waals surface area contributed by atoms with Crippen LogP contribution in [0.4, 0.5) is 40.3 Å². The van der Waals surface area contributed by atoms with Gasteiger partial charge in [0.05, 0.1) is 55.1 Å². The number of aromatic nitrogens is 6. The molecule has 0 saturated carbocycles. The highest BCUT2D eigenvalue weighted by Crippen LogP contribution is 2.36. The van der Waals surface area contributed by atoms with E-state index in [1.165, 1.54) is 90.4 Å². The number of sulfone groups is 1. The van der Waals surface area contributed by atoms with Gasteiger partial charge in [-0.05, 0) is 67.8 Å². The Morgan fingerprint density at radius 3 is 1.91 bits per heavy atom. The number of pyridine rings is 1. The molecule has 0 bridgehead atoms. The van der Waals surface area contributed by atoms with Crippen LogP contribution in [0, 0.1) is 17.0 Å². The lowest BCUT2D eigenvalue weighted by atomic mass is 10.1. The molecule has 3 aromatic carbocycles. The Hall–Kier alpha value is -8.65. The second kappa shape index (κ2) is 33.1. The van der Waals surface area contributed by atoms with Crippen molar-refractivity contribution in [1.82, 2.24) is 39.3 Å². The molecule has 6 aromatic rings. The van der Waals surface area contributed by atoms with Crippen LogP contribution in [0.25, 0.3) is 0 Å². The Labute approximate surface area is 514 Å². The number of carboxylic acid groups (broad SMARTS) is 1. The molecule has 0 fully saturated rings. The number of nitro benzene ring substituents is 1. The highest BCUT2D eigenvalue weighted by molar-refractivity contribution is 7.93. The minimum atomic E-state index is -4.61.